The summed E-state index contributed by atoms with van der Waals surface area (Å²) in [6, 6.07) is 12.9. The van der Waals surface area contributed by atoms with E-state index in [4.69, 9.17) is 4.74 Å². The molecule has 0 radical (unpaired) electrons. The van der Waals surface area contributed by atoms with Gasteiger partial charge < -0.3 is 4.74 Å². The monoisotopic (exact) mass is 479 g/mol. The summed E-state index contributed by atoms with van der Waals surface area (Å²) in [7, 11) is 0. The number of imide groups is 1. The van der Waals surface area contributed by atoms with Crippen LogP contribution >= 0.6 is 15.9 Å². The lowest BCUT2D eigenvalue weighted by atomic mass is 9.85. The fraction of sp³-hybridized carbons (Fsp3) is 0.250. The maximum Gasteiger partial charge on any atom is 0.338 e. The van der Waals surface area contributed by atoms with E-state index >= 15 is 0 Å². The Morgan fingerprint density at radius 2 is 1.42 bits per heavy atom. The van der Waals surface area contributed by atoms with E-state index in [0.717, 1.165) is 10.9 Å². The Bertz CT molecular complexity index is 1090. The molecule has 7 heteroatoms. The highest BCUT2D eigenvalue weighted by atomic mass is 79.9. The first-order valence-electron chi connectivity index (χ1n) is 10.1. The number of anilines is 1. The SMILES string of the molecule is O=C(COC(=O)c1ccc(N2C(=O)[C@@H]3[C@@H](C2=O)[C@H]2C=C[C@@H]3C2)cc1)c1ccc(Br)cc1. The van der Waals surface area contributed by atoms with E-state index in [2.05, 4.69) is 28.1 Å². The third-order valence-electron chi connectivity index (χ3n) is 6.33. The normalized spacial score (nSPS) is 25.8. The van der Waals surface area contributed by atoms with Crippen LogP contribution in [0.5, 0.6) is 0 Å². The number of nitrogens with zero attached hydrogens (tertiary/aromatic N) is 1. The molecule has 6 nitrogen and oxygen atoms in total. The maximum absolute atomic E-state index is 12.9. The van der Waals surface area contributed by atoms with Crippen LogP contribution in [0.25, 0.3) is 0 Å². The average Bonchev–Trinajstić information content (AvgIpc) is 3.46. The molecule has 2 amide bonds. The van der Waals surface area contributed by atoms with Crippen LogP contribution in [0.3, 0.4) is 0 Å². The van der Waals surface area contributed by atoms with Crippen molar-refractivity contribution in [3.05, 3.63) is 76.3 Å². The molecule has 1 saturated heterocycles. The van der Waals surface area contributed by atoms with Gasteiger partial charge in [-0.3, -0.25) is 19.3 Å². The van der Waals surface area contributed by atoms with Crippen molar-refractivity contribution in [1.29, 1.82) is 0 Å². The van der Waals surface area contributed by atoms with Crippen LogP contribution < -0.4 is 4.90 Å². The summed E-state index contributed by atoms with van der Waals surface area (Å²) in [6.45, 7) is -0.371. The minimum atomic E-state index is -0.643. The van der Waals surface area contributed by atoms with Crippen molar-refractivity contribution >= 4 is 45.2 Å². The van der Waals surface area contributed by atoms with Gasteiger partial charge in [0.1, 0.15) is 0 Å². The first-order valence-corrected chi connectivity index (χ1v) is 10.9. The van der Waals surface area contributed by atoms with Crippen molar-refractivity contribution in [3.63, 3.8) is 0 Å². The second kappa shape index (κ2) is 7.57. The van der Waals surface area contributed by atoms with E-state index < -0.39 is 5.97 Å². The molecule has 1 aliphatic heterocycles. The van der Waals surface area contributed by atoms with Gasteiger partial charge in [0.15, 0.2) is 12.4 Å². The molecule has 1 saturated carbocycles. The zero-order chi connectivity index (χ0) is 21.7. The predicted octanol–water partition coefficient (Wildman–Crippen LogP) is 3.80. The molecule has 31 heavy (non-hydrogen) atoms. The zero-order valence-electron chi connectivity index (χ0n) is 16.4. The molecule has 3 aliphatic rings. The number of allylic oxidation sites excluding steroid dienone is 2. The lowest BCUT2D eigenvalue weighted by Crippen LogP contribution is -2.32. The first kappa shape index (κ1) is 19.9. The van der Waals surface area contributed by atoms with Crippen molar-refractivity contribution in [2.24, 2.45) is 23.7 Å². The van der Waals surface area contributed by atoms with Crippen LogP contribution in [0.4, 0.5) is 5.69 Å². The average molecular weight is 480 g/mol. The van der Waals surface area contributed by atoms with Crippen LogP contribution in [-0.4, -0.2) is 30.2 Å². The summed E-state index contributed by atoms with van der Waals surface area (Å²) in [5, 5.41) is 0. The van der Waals surface area contributed by atoms with Gasteiger partial charge in [0.05, 0.1) is 23.1 Å². The molecule has 2 aromatic carbocycles. The number of carbonyl (C=O) groups excluding carboxylic acids is 4. The second-order valence-electron chi connectivity index (χ2n) is 8.06. The lowest BCUT2D eigenvalue weighted by Gasteiger charge is -2.17. The van der Waals surface area contributed by atoms with Gasteiger partial charge in [-0.25, -0.2) is 4.79 Å². The molecule has 2 bridgehead atoms. The molecule has 2 aromatic rings. The topological polar surface area (TPSA) is 80.8 Å². The molecule has 2 fully saturated rings. The summed E-state index contributed by atoms with van der Waals surface area (Å²) in [5.74, 6) is -1.52. The predicted molar refractivity (Wildman–Crippen MR) is 115 cm³/mol. The molecule has 0 N–H and O–H groups in total. The Kier molecular flexibility index (Phi) is 4.85. The zero-order valence-corrected chi connectivity index (χ0v) is 17.9. The third kappa shape index (κ3) is 3.33. The summed E-state index contributed by atoms with van der Waals surface area (Å²) in [4.78, 5) is 51.5. The fourth-order valence-corrected chi connectivity index (χ4v) is 5.10. The molecule has 0 unspecified atom stereocenters. The van der Waals surface area contributed by atoms with Gasteiger partial charge in [0.2, 0.25) is 11.8 Å². The fourth-order valence-electron chi connectivity index (χ4n) is 4.84. The Morgan fingerprint density at radius 1 is 0.871 bits per heavy atom. The quantitative estimate of drug-likeness (QED) is 0.282. The maximum atomic E-state index is 12.9. The number of amides is 2. The summed E-state index contributed by atoms with van der Waals surface area (Å²) in [5.41, 5.74) is 1.14. The smallest absolute Gasteiger partial charge is 0.338 e. The highest BCUT2D eigenvalue weighted by Crippen LogP contribution is 2.53. The van der Waals surface area contributed by atoms with Crippen molar-refractivity contribution in [3.8, 4) is 0 Å². The van der Waals surface area contributed by atoms with Gasteiger partial charge in [-0.15, -0.1) is 0 Å². The van der Waals surface area contributed by atoms with E-state index in [0.29, 0.717) is 11.3 Å². The second-order valence-corrected chi connectivity index (χ2v) is 8.98. The molecule has 5 rings (SSSR count). The number of rotatable bonds is 5. The Balaban J connectivity index is 1.24. The number of esters is 1. The van der Waals surface area contributed by atoms with Crippen molar-refractivity contribution in [2.45, 2.75) is 6.42 Å². The Labute approximate surface area is 187 Å². The van der Waals surface area contributed by atoms with E-state index in [1.807, 2.05) is 0 Å². The van der Waals surface area contributed by atoms with Gasteiger partial charge in [-0.05, 0) is 54.7 Å². The molecular weight excluding hydrogens is 462 g/mol. The number of halogens is 1. The lowest BCUT2D eigenvalue weighted by molar-refractivity contribution is -0.123. The van der Waals surface area contributed by atoms with Gasteiger partial charge >= 0.3 is 5.97 Å². The van der Waals surface area contributed by atoms with Gasteiger partial charge in [0, 0.05) is 10.0 Å². The van der Waals surface area contributed by atoms with E-state index in [-0.39, 0.29) is 53.4 Å². The standard InChI is InChI=1S/C24H18BrNO5/c25-17-7-3-13(4-8-17)19(27)12-31-24(30)14-5-9-18(10-6-14)26-22(28)20-15-1-2-16(11-15)21(20)23(26)29/h1-10,15-16,20-21H,11-12H2/t15-,16+,20-,21-/m0/s1. The van der Waals surface area contributed by atoms with Crippen LogP contribution in [0.15, 0.2) is 65.2 Å². The Hall–Kier alpha value is -3.06. The number of carbonyl (C=O) groups is 4. The number of ether oxygens (including phenoxy) is 1. The summed E-state index contributed by atoms with van der Waals surface area (Å²) < 4.78 is 5.97. The van der Waals surface area contributed by atoms with Crippen LogP contribution in [0.1, 0.15) is 27.1 Å². The van der Waals surface area contributed by atoms with Gasteiger partial charge in [0.25, 0.3) is 0 Å². The molecule has 4 atom stereocenters. The number of ketones is 1. The van der Waals surface area contributed by atoms with Crippen LogP contribution in [0, 0.1) is 23.7 Å². The highest BCUT2D eigenvalue weighted by Gasteiger charge is 2.59. The first-order chi connectivity index (χ1) is 14.9. The number of hydrogen-bond acceptors (Lipinski definition) is 5. The minimum Gasteiger partial charge on any atom is -0.454 e. The Morgan fingerprint density at radius 3 is 2.00 bits per heavy atom. The molecule has 1 heterocycles. The largest absolute Gasteiger partial charge is 0.454 e. The van der Waals surface area contributed by atoms with E-state index in [1.54, 1.807) is 36.4 Å². The minimum absolute atomic E-state index is 0.147. The number of hydrogen-bond donors (Lipinski definition) is 0. The van der Waals surface area contributed by atoms with E-state index in [1.165, 1.54) is 17.0 Å². The van der Waals surface area contributed by atoms with Crippen molar-refractivity contribution in [2.75, 3.05) is 11.5 Å². The highest BCUT2D eigenvalue weighted by molar-refractivity contribution is 9.10. The molecule has 156 valence electrons. The molecule has 0 spiro atoms. The molecular formula is C24H18BrNO5. The van der Waals surface area contributed by atoms with Gasteiger partial charge in [-0.2, -0.15) is 0 Å². The van der Waals surface area contributed by atoms with Gasteiger partial charge in [-0.1, -0.05) is 40.2 Å². The molecule has 2 aliphatic carbocycles. The molecule has 0 aromatic heterocycles. The van der Waals surface area contributed by atoms with Crippen LogP contribution in [-0.2, 0) is 14.3 Å². The number of benzene rings is 2. The van der Waals surface area contributed by atoms with E-state index in [9.17, 15) is 19.2 Å². The number of fused-ring (bicyclic) bond motifs is 5. The van der Waals surface area contributed by atoms with Crippen molar-refractivity contribution in [1.82, 2.24) is 0 Å². The number of Topliss-reactive ketones (excluding diaryl/α,β-unsaturated/α-hetero) is 1. The van der Waals surface area contributed by atoms with Crippen LogP contribution in [0.2, 0.25) is 0 Å². The van der Waals surface area contributed by atoms with Crippen molar-refractivity contribution < 1.29 is 23.9 Å². The third-order valence-corrected chi connectivity index (χ3v) is 6.86. The summed E-state index contributed by atoms with van der Waals surface area (Å²) in [6.07, 6.45) is 4.98. The summed E-state index contributed by atoms with van der Waals surface area (Å²) >= 11 is 3.30.